The highest BCUT2D eigenvalue weighted by atomic mass is 16.2. The molecular formula is C24H27N7O3. The molecule has 1 aromatic carbocycles. The standard InChI is InChI=1S/C24H27N7O3/c1-2-18(32)30-13-5-6-17(14-30)31-21-19(22(25)26-27-23(21)33)20(28-31)15-7-9-16(10-8-15)24(34)29-11-3-4-12-29/h2,7-10,17H,1,3-6,11-14H2,(H2,25,26)(H,27,33). The predicted octanol–water partition coefficient (Wildman–Crippen LogP) is 1.95. The molecule has 0 spiro atoms. The number of fused-ring (bicyclic) bond motifs is 1. The van der Waals surface area contributed by atoms with Crippen molar-refractivity contribution in [3.63, 3.8) is 0 Å². The van der Waals surface area contributed by atoms with Gasteiger partial charge in [-0.05, 0) is 43.9 Å². The number of benzene rings is 1. The number of hydrogen-bond donors (Lipinski definition) is 2. The number of H-pyrrole nitrogens is 1. The largest absolute Gasteiger partial charge is 0.382 e. The molecule has 2 amide bonds. The summed E-state index contributed by atoms with van der Waals surface area (Å²) in [4.78, 5) is 41.3. The second kappa shape index (κ2) is 8.77. The van der Waals surface area contributed by atoms with Crippen LogP contribution in [0.4, 0.5) is 5.82 Å². The second-order valence-electron chi connectivity index (χ2n) is 8.82. The maximum Gasteiger partial charge on any atom is 0.290 e. The molecule has 0 bridgehead atoms. The molecule has 2 aliphatic heterocycles. The van der Waals surface area contributed by atoms with Crippen molar-refractivity contribution in [3.05, 3.63) is 52.8 Å². The summed E-state index contributed by atoms with van der Waals surface area (Å²) in [6, 6.07) is 7.02. The Bertz CT molecular complexity index is 1320. The lowest BCUT2D eigenvalue weighted by atomic mass is 10.0. The number of nitrogen functional groups attached to an aromatic ring is 1. The third-order valence-corrected chi connectivity index (χ3v) is 6.69. The number of nitrogens with one attached hydrogen (secondary N) is 1. The fraction of sp³-hybridized carbons (Fsp3) is 0.375. The van der Waals surface area contributed by atoms with E-state index in [2.05, 4.69) is 16.8 Å². The van der Waals surface area contributed by atoms with E-state index < -0.39 is 5.56 Å². The van der Waals surface area contributed by atoms with Crippen LogP contribution in [0.2, 0.25) is 0 Å². The van der Waals surface area contributed by atoms with Crippen LogP contribution in [0.5, 0.6) is 0 Å². The van der Waals surface area contributed by atoms with Crippen molar-refractivity contribution in [1.29, 1.82) is 0 Å². The summed E-state index contributed by atoms with van der Waals surface area (Å²) in [5, 5.41) is 11.7. The first-order chi connectivity index (χ1) is 16.5. The molecule has 3 aromatic rings. The van der Waals surface area contributed by atoms with Gasteiger partial charge in [-0.25, -0.2) is 5.10 Å². The van der Waals surface area contributed by atoms with Gasteiger partial charge in [0.15, 0.2) is 5.82 Å². The molecule has 2 aliphatic rings. The first-order valence-electron chi connectivity index (χ1n) is 11.6. The average Bonchev–Trinajstić information content (AvgIpc) is 3.55. The van der Waals surface area contributed by atoms with E-state index in [-0.39, 0.29) is 23.7 Å². The fourth-order valence-electron chi connectivity index (χ4n) is 4.94. The number of carbonyl (C=O) groups excluding carboxylic acids is 2. The second-order valence-corrected chi connectivity index (χ2v) is 8.82. The SMILES string of the molecule is C=CC(=O)N1CCCC(n2nc(-c3ccc(C(=O)N4CCCC4)cc3)c3c(N)n[nH]c(=O)c32)C1. The molecule has 0 saturated carbocycles. The molecule has 4 heterocycles. The minimum Gasteiger partial charge on any atom is -0.382 e. The quantitative estimate of drug-likeness (QED) is 0.571. The zero-order valence-corrected chi connectivity index (χ0v) is 18.9. The molecule has 176 valence electrons. The van der Waals surface area contributed by atoms with Gasteiger partial charge in [-0.2, -0.15) is 10.2 Å². The van der Waals surface area contributed by atoms with Gasteiger partial charge < -0.3 is 15.5 Å². The summed E-state index contributed by atoms with van der Waals surface area (Å²) in [6.07, 6.45) is 4.92. The van der Waals surface area contributed by atoms with Gasteiger partial charge in [-0.1, -0.05) is 18.7 Å². The van der Waals surface area contributed by atoms with Crippen LogP contribution in [0.15, 0.2) is 41.7 Å². The van der Waals surface area contributed by atoms with Crippen molar-refractivity contribution in [2.45, 2.75) is 31.7 Å². The van der Waals surface area contributed by atoms with E-state index >= 15 is 0 Å². The molecule has 5 rings (SSSR count). The molecule has 10 nitrogen and oxygen atoms in total. The lowest BCUT2D eigenvalue weighted by molar-refractivity contribution is -0.127. The highest BCUT2D eigenvalue weighted by molar-refractivity contribution is 6.00. The van der Waals surface area contributed by atoms with Gasteiger partial charge in [0.1, 0.15) is 11.2 Å². The van der Waals surface area contributed by atoms with E-state index in [0.29, 0.717) is 35.2 Å². The van der Waals surface area contributed by atoms with Crippen LogP contribution >= 0.6 is 0 Å². The Balaban J connectivity index is 1.55. The number of aromatic amines is 1. The van der Waals surface area contributed by atoms with Crippen molar-refractivity contribution in [3.8, 4) is 11.3 Å². The number of carbonyl (C=O) groups is 2. The summed E-state index contributed by atoms with van der Waals surface area (Å²) < 4.78 is 1.67. The number of nitrogens with zero attached hydrogens (tertiary/aromatic N) is 5. The topological polar surface area (TPSA) is 130 Å². The maximum absolute atomic E-state index is 12.8. The van der Waals surface area contributed by atoms with E-state index in [1.54, 1.807) is 21.7 Å². The average molecular weight is 462 g/mol. The summed E-state index contributed by atoms with van der Waals surface area (Å²) in [5.74, 6) is 0.0453. The number of amides is 2. The Morgan fingerprint density at radius 2 is 1.79 bits per heavy atom. The normalized spacial score (nSPS) is 18.4. The van der Waals surface area contributed by atoms with Crippen molar-refractivity contribution in [2.24, 2.45) is 0 Å². The Morgan fingerprint density at radius 3 is 2.50 bits per heavy atom. The molecule has 2 saturated heterocycles. The highest BCUT2D eigenvalue weighted by Crippen LogP contribution is 2.33. The smallest absolute Gasteiger partial charge is 0.290 e. The van der Waals surface area contributed by atoms with E-state index in [1.807, 2.05) is 17.0 Å². The van der Waals surface area contributed by atoms with Crippen LogP contribution in [-0.2, 0) is 4.79 Å². The Kier molecular flexibility index (Phi) is 5.64. The number of rotatable bonds is 4. The third kappa shape index (κ3) is 3.74. The van der Waals surface area contributed by atoms with Crippen LogP contribution in [-0.4, -0.2) is 67.8 Å². The van der Waals surface area contributed by atoms with Crippen LogP contribution in [0, 0.1) is 0 Å². The van der Waals surface area contributed by atoms with Gasteiger partial charge in [0.25, 0.3) is 11.5 Å². The minimum absolute atomic E-state index is 0.0197. The first kappa shape index (κ1) is 21.9. The molecule has 1 atom stereocenters. The Morgan fingerprint density at radius 1 is 1.09 bits per heavy atom. The van der Waals surface area contributed by atoms with Crippen LogP contribution < -0.4 is 11.3 Å². The van der Waals surface area contributed by atoms with Crippen LogP contribution in [0.1, 0.15) is 42.1 Å². The summed E-state index contributed by atoms with van der Waals surface area (Å²) >= 11 is 0. The molecule has 1 unspecified atom stereocenters. The summed E-state index contributed by atoms with van der Waals surface area (Å²) in [5.41, 5.74) is 8.00. The number of aromatic nitrogens is 4. The fourth-order valence-corrected chi connectivity index (χ4v) is 4.94. The number of hydrogen-bond acceptors (Lipinski definition) is 6. The molecule has 3 N–H and O–H groups in total. The first-order valence-corrected chi connectivity index (χ1v) is 11.6. The summed E-state index contributed by atoms with van der Waals surface area (Å²) in [6.45, 7) is 6.21. The monoisotopic (exact) mass is 461 g/mol. The van der Waals surface area contributed by atoms with E-state index in [4.69, 9.17) is 10.8 Å². The molecule has 10 heteroatoms. The van der Waals surface area contributed by atoms with Gasteiger partial charge >= 0.3 is 0 Å². The van der Waals surface area contributed by atoms with Crippen molar-refractivity contribution >= 4 is 28.5 Å². The number of nitrogens with two attached hydrogens (primary N) is 1. The molecule has 2 fully saturated rings. The third-order valence-electron chi connectivity index (χ3n) is 6.69. The summed E-state index contributed by atoms with van der Waals surface area (Å²) in [7, 11) is 0. The van der Waals surface area contributed by atoms with Crippen LogP contribution in [0.3, 0.4) is 0 Å². The Hall–Kier alpha value is -3.95. The molecule has 2 aromatic heterocycles. The van der Waals surface area contributed by atoms with Gasteiger partial charge in [-0.3, -0.25) is 19.1 Å². The molecular weight excluding hydrogens is 434 g/mol. The number of anilines is 1. The molecule has 34 heavy (non-hydrogen) atoms. The molecule has 0 aliphatic carbocycles. The lowest BCUT2D eigenvalue weighted by Crippen LogP contribution is -2.40. The van der Waals surface area contributed by atoms with Gasteiger partial charge in [0.2, 0.25) is 5.91 Å². The van der Waals surface area contributed by atoms with E-state index in [9.17, 15) is 14.4 Å². The zero-order valence-electron chi connectivity index (χ0n) is 18.9. The Labute approximate surface area is 196 Å². The van der Waals surface area contributed by atoms with Crippen molar-refractivity contribution < 1.29 is 9.59 Å². The van der Waals surface area contributed by atoms with Crippen molar-refractivity contribution in [2.75, 3.05) is 31.9 Å². The van der Waals surface area contributed by atoms with E-state index in [0.717, 1.165) is 44.3 Å². The minimum atomic E-state index is -0.393. The van der Waals surface area contributed by atoms with Crippen molar-refractivity contribution in [1.82, 2.24) is 29.8 Å². The van der Waals surface area contributed by atoms with Gasteiger partial charge in [-0.15, -0.1) is 0 Å². The number of likely N-dealkylation sites (tertiary alicyclic amines) is 2. The van der Waals surface area contributed by atoms with Gasteiger partial charge in [0, 0.05) is 37.3 Å². The zero-order chi connectivity index (χ0) is 23.8. The highest BCUT2D eigenvalue weighted by Gasteiger charge is 2.29. The number of piperidine rings is 1. The predicted molar refractivity (Wildman–Crippen MR) is 128 cm³/mol. The van der Waals surface area contributed by atoms with Crippen LogP contribution in [0.25, 0.3) is 22.2 Å². The lowest BCUT2D eigenvalue weighted by Gasteiger charge is -2.32. The van der Waals surface area contributed by atoms with Gasteiger partial charge in [0.05, 0.1) is 11.4 Å². The maximum atomic E-state index is 12.8. The van der Waals surface area contributed by atoms with E-state index in [1.165, 1.54) is 6.08 Å². The molecule has 0 radical (unpaired) electrons.